The zero-order chi connectivity index (χ0) is 17.5. The Morgan fingerprint density at radius 3 is 2.38 bits per heavy atom. The van der Waals surface area contributed by atoms with Crippen LogP contribution in [0.25, 0.3) is 10.8 Å². The van der Waals surface area contributed by atoms with Gasteiger partial charge >= 0.3 is 0 Å². The maximum atomic E-state index is 12.8. The van der Waals surface area contributed by atoms with E-state index < -0.39 is 10.0 Å². The van der Waals surface area contributed by atoms with Crippen LogP contribution in [0.3, 0.4) is 0 Å². The van der Waals surface area contributed by atoms with Crippen molar-refractivity contribution in [3.63, 3.8) is 0 Å². The number of rotatable bonds is 3. The third kappa shape index (κ3) is 2.81. The highest BCUT2D eigenvalue weighted by molar-refractivity contribution is 7.92. The zero-order valence-corrected chi connectivity index (χ0v) is 14.7. The summed E-state index contributed by atoms with van der Waals surface area (Å²) in [7, 11) is -3.78. The highest BCUT2D eigenvalue weighted by Gasteiger charge is 2.20. The van der Waals surface area contributed by atoms with Crippen LogP contribution >= 0.6 is 11.6 Å². The minimum atomic E-state index is -3.78. The molecule has 0 aliphatic carbocycles. The summed E-state index contributed by atoms with van der Waals surface area (Å²) in [6.45, 7) is 3.63. The van der Waals surface area contributed by atoms with E-state index in [-0.39, 0.29) is 15.7 Å². The molecular weight excluding hydrogens is 346 g/mol. The Morgan fingerprint density at radius 1 is 1.00 bits per heavy atom. The van der Waals surface area contributed by atoms with E-state index in [4.69, 9.17) is 11.6 Å². The summed E-state index contributed by atoms with van der Waals surface area (Å²) in [6, 6.07) is 13.5. The number of benzene rings is 3. The van der Waals surface area contributed by atoms with Gasteiger partial charge in [0, 0.05) is 10.8 Å². The molecule has 0 aliphatic rings. The van der Waals surface area contributed by atoms with Crippen molar-refractivity contribution in [3.8, 4) is 5.75 Å². The van der Waals surface area contributed by atoms with Gasteiger partial charge in [-0.2, -0.15) is 0 Å². The number of aryl methyl sites for hydroxylation is 1. The third-order valence-electron chi connectivity index (χ3n) is 4.06. The lowest BCUT2D eigenvalue weighted by Gasteiger charge is -2.15. The van der Waals surface area contributed by atoms with Crippen molar-refractivity contribution in [1.29, 1.82) is 0 Å². The summed E-state index contributed by atoms with van der Waals surface area (Å²) in [5.74, 6) is -0.0676. The van der Waals surface area contributed by atoms with Crippen molar-refractivity contribution in [2.24, 2.45) is 0 Å². The van der Waals surface area contributed by atoms with E-state index in [0.717, 1.165) is 5.56 Å². The van der Waals surface area contributed by atoms with Gasteiger partial charge in [-0.15, -0.1) is 0 Å². The summed E-state index contributed by atoms with van der Waals surface area (Å²) in [5, 5.41) is 11.2. The van der Waals surface area contributed by atoms with Crippen LogP contribution in [0, 0.1) is 13.8 Å². The molecule has 0 bridgehead atoms. The number of aromatic hydroxyl groups is 1. The van der Waals surface area contributed by atoms with Crippen LogP contribution in [0.2, 0.25) is 5.02 Å². The first kappa shape index (κ1) is 16.6. The van der Waals surface area contributed by atoms with Crippen molar-refractivity contribution < 1.29 is 13.5 Å². The van der Waals surface area contributed by atoms with Gasteiger partial charge in [0.05, 0.1) is 15.6 Å². The Kier molecular flexibility index (Phi) is 4.15. The normalized spacial score (nSPS) is 11.6. The number of phenolic OH excluding ortho intramolecular Hbond substituents is 1. The number of fused-ring (bicyclic) bond motifs is 1. The van der Waals surface area contributed by atoms with Crippen molar-refractivity contribution in [3.05, 3.63) is 64.7 Å². The highest BCUT2D eigenvalue weighted by Crippen LogP contribution is 2.38. The third-order valence-corrected chi connectivity index (χ3v) is 5.86. The fourth-order valence-corrected chi connectivity index (χ4v) is 4.23. The second kappa shape index (κ2) is 6.00. The van der Waals surface area contributed by atoms with E-state index in [2.05, 4.69) is 4.72 Å². The molecule has 24 heavy (non-hydrogen) atoms. The van der Waals surface area contributed by atoms with Crippen LogP contribution in [-0.4, -0.2) is 13.5 Å². The lowest BCUT2D eigenvalue weighted by molar-refractivity contribution is 0.482. The topological polar surface area (TPSA) is 66.4 Å². The molecule has 0 saturated heterocycles. The Bertz CT molecular complexity index is 1050. The molecule has 124 valence electrons. The fourth-order valence-electron chi connectivity index (χ4n) is 2.63. The summed E-state index contributed by atoms with van der Waals surface area (Å²) in [5.41, 5.74) is 1.92. The minimum Gasteiger partial charge on any atom is -0.506 e. The number of anilines is 1. The predicted molar refractivity (Wildman–Crippen MR) is 97.3 cm³/mol. The number of hydrogen-bond acceptors (Lipinski definition) is 3. The first-order chi connectivity index (χ1) is 11.3. The van der Waals surface area contributed by atoms with Gasteiger partial charge in [-0.3, -0.25) is 4.72 Å². The van der Waals surface area contributed by atoms with E-state index in [0.29, 0.717) is 22.0 Å². The Labute approximate surface area is 145 Å². The summed E-state index contributed by atoms with van der Waals surface area (Å²) < 4.78 is 28.2. The molecule has 0 spiro atoms. The van der Waals surface area contributed by atoms with Crippen molar-refractivity contribution >= 4 is 38.1 Å². The second-order valence-corrected chi connectivity index (χ2v) is 7.66. The maximum Gasteiger partial charge on any atom is 0.262 e. The number of halogens is 1. The number of sulfonamides is 1. The molecule has 0 saturated carbocycles. The van der Waals surface area contributed by atoms with Gasteiger partial charge in [-0.1, -0.05) is 48.0 Å². The number of hydrogen-bond donors (Lipinski definition) is 2. The molecule has 3 aromatic rings. The van der Waals surface area contributed by atoms with Crippen LogP contribution < -0.4 is 4.72 Å². The van der Waals surface area contributed by atoms with E-state index >= 15 is 0 Å². The second-order valence-electron chi connectivity index (χ2n) is 5.60. The lowest BCUT2D eigenvalue weighted by Crippen LogP contribution is -2.15. The van der Waals surface area contributed by atoms with Gasteiger partial charge in [0.1, 0.15) is 5.75 Å². The van der Waals surface area contributed by atoms with Crippen LogP contribution in [0.15, 0.2) is 53.4 Å². The monoisotopic (exact) mass is 361 g/mol. The lowest BCUT2D eigenvalue weighted by atomic mass is 10.1. The van der Waals surface area contributed by atoms with Gasteiger partial charge in [-0.05, 0) is 37.1 Å². The standard InChI is InChI=1S/C18H16ClNO3S/c1-11-6-5-9-17(12(11)2)24(22,23)20-16-10-15(19)18(21)14-8-4-3-7-13(14)16/h3-10,20-21H,1-2H3. The molecule has 4 nitrogen and oxygen atoms in total. The Morgan fingerprint density at radius 2 is 1.67 bits per heavy atom. The minimum absolute atomic E-state index is 0.0676. The quantitative estimate of drug-likeness (QED) is 0.669. The van der Waals surface area contributed by atoms with E-state index in [1.807, 2.05) is 13.0 Å². The summed E-state index contributed by atoms with van der Waals surface area (Å²) in [4.78, 5) is 0.218. The molecule has 0 radical (unpaired) electrons. The predicted octanol–water partition coefficient (Wildman–Crippen LogP) is 4.62. The van der Waals surface area contributed by atoms with Gasteiger partial charge in [0.25, 0.3) is 10.0 Å². The fraction of sp³-hybridized carbons (Fsp3) is 0.111. The van der Waals surface area contributed by atoms with E-state index in [1.165, 1.54) is 6.07 Å². The van der Waals surface area contributed by atoms with Crippen LogP contribution in [-0.2, 0) is 10.0 Å². The van der Waals surface area contributed by atoms with E-state index in [1.54, 1.807) is 43.3 Å². The molecule has 6 heteroatoms. The molecule has 0 heterocycles. The molecule has 3 rings (SSSR count). The van der Waals surface area contributed by atoms with Crippen LogP contribution in [0.4, 0.5) is 5.69 Å². The molecule has 2 N–H and O–H groups in total. The van der Waals surface area contributed by atoms with Gasteiger partial charge in [-0.25, -0.2) is 8.42 Å². The molecule has 0 amide bonds. The molecule has 0 atom stereocenters. The average Bonchev–Trinajstić information content (AvgIpc) is 2.54. The summed E-state index contributed by atoms with van der Waals surface area (Å²) >= 11 is 6.04. The molecule has 0 aliphatic heterocycles. The first-order valence-electron chi connectivity index (χ1n) is 7.30. The number of phenols is 1. The smallest absolute Gasteiger partial charge is 0.262 e. The molecular formula is C18H16ClNO3S. The average molecular weight is 362 g/mol. The van der Waals surface area contributed by atoms with Gasteiger partial charge < -0.3 is 5.11 Å². The Balaban J connectivity index is 2.16. The first-order valence-corrected chi connectivity index (χ1v) is 9.16. The highest BCUT2D eigenvalue weighted by atomic mass is 35.5. The molecule has 0 unspecified atom stereocenters. The molecule has 0 fully saturated rings. The van der Waals surface area contributed by atoms with Crippen LogP contribution in [0.5, 0.6) is 5.75 Å². The van der Waals surface area contributed by atoms with E-state index in [9.17, 15) is 13.5 Å². The zero-order valence-electron chi connectivity index (χ0n) is 13.2. The molecule has 0 aromatic heterocycles. The largest absolute Gasteiger partial charge is 0.506 e. The summed E-state index contributed by atoms with van der Waals surface area (Å²) in [6.07, 6.45) is 0. The van der Waals surface area contributed by atoms with Crippen molar-refractivity contribution in [2.45, 2.75) is 18.7 Å². The maximum absolute atomic E-state index is 12.8. The SMILES string of the molecule is Cc1cccc(S(=O)(=O)Nc2cc(Cl)c(O)c3ccccc23)c1C. The molecule has 3 aromatic carbocycles. The van der Waals surface area contributed by atoms with Gasteiger partial charge in [0.2, 0.25) is 0 Å². The van der Waals surface area contributed by atoms with Crippen molar-refractivity contribution in [2.75, 3.05) is 4.72 Å². The number of nitrogens with one attached hydrogen (secondary N) is 1. The van der Waals surface area contributed by atoms with Gasteiger partial charge in [0.15, 0.2) is 0 Å². The van der Waals surface area contributed by atoms with Crippen LogP contribution in [0.1, 0.15) is 11.1 Å². The Hall–Kier alpha value is -2.24. The van der Waals surface area contributed by atoms with Crippen molar-refractivity contribution in [1.82, 2.24) is 0 Å².